The van der Waals surface area contributed by atoms with Crippen molar-refractivity contribution in [1.29, 1.82) is 0 Å². The van der Waals surface area contributed by atoms with Crippen molar-refractivity contribution in [2.75, 3.05) is 19.6 Å². The highest BCUT2D eigenvalue weighted by atomic mass is 35.5. The molecule has 4 N–H and O–H groups in total. The third kappa shape index (κ3) is 6.76. The fourth-order valence-corrected chi connectivity index (χ4v) is 3.90. The lowest BCUT2D eigenvalue weighted by Gasteiger charge is -2.13. The Morgan fingerprint density at radius 3 is 2.25 bits per heavy atom. The van der Waals surface area contributed by atoms with Gasteiger partial charge in [0, 0.05) is 19.5 Å². The molecule has 0 saturated carbocycles. The first kappa shape index (κ1) is 22.9. The number of nitrogens with two attached hydrogens (primary N) is 1. The van der Waals surface area contributed by atoms with Crippen LogP contribution in [0.15, 0.2) is 17.0 Å². The number of carbonyl (C=O) groups excluding carboxylic acids is 1. The number of benzene rings is 1. The average molecular weight is 378 g/mol. The number of amides is 1. The van der Waals surface area contributed by atoms with Crippen LogP contribution in [0, 0.1) is 26.7 Å². The van der Waals surface area contributed by atoms with Gasteiger partial charge in [-0.1, -0.05) is 24.6 Å². The van der Waals surface area contributed by atoms with Crippen molar-refractivity contribution >= 4 is 28.3 Å². The first-order chi connectivity index (χ1) is 10.7. The SMILES string of the molecule is Cc1cc(C)c(S(=O)(=O)NCCC(=O)NCC(C)CN)c(C)c1.Cl. The molecule has 0 aliphatic heterocycles. The van der Waals surface area contributed by atoms with Crippen LogP contribution < -0.4 is 15.8 Å². The topological polar surface area (TPSA) is 101 Å². The van der Waals surface area contributed by atoms with E-state index in [0.29, 0.717) is 29.1 Å². The van der Waals surface area contributed by atoms with Gasteiger partial charge in [-0.15, -0.1) is 12.4 Å². The molecule has 1 amide bonds. The predicted octanol–water partition coefficient (Wildman–Crippen LogP) is 1.41. The summed E-state index contributed by atoms with van der Waals surface area (Å²) >= 11 is 0. The molecule has 0 spiro atoms. The Kier molecular flexibility index (Phi) is 9.50. The summed E-state index contributed by atoms with van der Waals surface area (Å²) in [4.78, 5) is 12.0. The second-order valence-corrected chi connectivity index (χ2v) is 7.72. The van der Waals surface area contributed by atoms with E-state index in [1.807, 2.05) is 26.0 Å². The molecule has 6 nitrogen and oxygen atoms in total. The Morgan fingerprint density at radius 2 is 1.75 bits per heavy atom. The summed E-state index contributed by atoms with van der Waals surface area (Å²) in [6, 6.07) is 3.67. The van der Waals surface area contributed by atoms with Gasteiger partial charge in [0.2, 0.25) is 15.9 Å². The van der Waals surface area contributed by atoms with Crippen LogP contribution in [-0.4, -0.2) is 34.0 Å². The van der Waals surface area contributed by atoms with Crippen LogP contribution >= 0.6 is 12.4 Å². The molecule has 138 valence electrons. The number of hydrogen-bond donors (Lipinski definition) is 3. The van der Waals surface area contributed by atoms with E-state index < -0.39 is 10.0 Å². The molecular weight excluding hydrogens is 350 g/mol. The van der Waals surface area contributed by atoms with Gasteiger partial charge in [-0.05, 0) is 44.4 Å². The van der Waals surface area contributed by atoms with Crippen LogP contribution in [0.4, 0.5) is 0 Å². The number of halogens is 1. The van der Waals surface area contributed by atoms with Gasteiger partial charge >= 0.3 is 0 Å². The Morgan fingerprint density at radius 1 is 1.21 bits per heavy atom. The molecule has 0 saturated heterocycles. The maximum atomic E-state index is 12.4. The molecule has 1 aromatic carbocycles. The third-order valence-electron chi connectivity index (χ3n) is 3.57. The van der Waals surface area contributed by atoms with Gasteiger partial charge in [-0.3, -0.25) is 4.79 Å². The zero-order chi connectivity index (χ0) is 17.6. The van der Waals surface area contributed by atoms with Crippen LogP contribution in [-0.2, 0) is 14.8 Å². The van der Waals surface area contributed by atoms with Gasteiger partial charge in [0.25, 0.3) is 0 Å². The van der Waals surface area contributed by atoms with Gasteiger partial charge in [-0.25, -0.2) is 13.1 Å². The first-order valence-corrected chi connectivity index (χ1v) is 9.20. The molecule has 24 heavy (non-hydrogen) atoms. The number of hydrogen-bond acceptors (Lipinski definition) is 4. The molecule has 0 heterocycles. The van der Waals surface area contributed by atoms with Gasteiger partial charge in [0.15, 0.2) is 0 Å². The summed E-state index contributed by atoms with van der Waals surface area (Å²) in [7, 11) is -3.62. The maximum Gasteiger partial charge on any atom is 0.241 e. The van der Waals surface area contributed by atoms with Crippen molar-refractivity contribution in [3.05, 3.63) is 28.8 Å². The van der Waals surface area contributed by atoms with Crippen molar-refractivity contribution in [2.24, 2.45) is 11.7 Å². The molecule has 1 rings (SSSR count). The smallest absolute Gasteiger partial charge is 0.241 e. The zero-order valence-electron chi connectivity index (χ0n) is 14.7. The lowest BCUT2D eigenvalue weighted by Crippen LogP contribution is -2.34. The van der Waals surface area contributed by atoms with E-state index in [1.54, 1.807) is 13.8 Å². The quantitative estimate of drug-likeness (QED) is 0.637. The molecule has 1 unspecified atom stereocenters. The average Bonchev–Trinajstić information content (AvgIpc) is 2.42. The summed E-state index contributed by atoms with van der Waals surface area (Å²) in [6.45, 7) is 8.47. The normalized spacial score (nSPS) is 12.4. The van der Waals surface area contributed by atoms with E-state index >= 15 is 0 Å². The second-order valence-electron chi connectivity index (χ2n) is 6.02. The highest BCUT2D eigenvalue weighted by Gasteiger charge is 2.19. The van der Waals surface area contributed by atoms with E-state index in [4.69, 9.17) is 5.73 Å². The molecule has 8 heteroatoms. The van der Waals surface area contributed by atoms with Crippen molar-refractivity contribution < 1.29 is 13.2 Å². The molecule has 1 aromatic rings. The fourth-order valence-electron chi connectivity index (χ4n) is 2.42. The Balaban J connectivity index is 0.00000529. The Bertz CT molecular complexity index is 640. The minimum absolute atomic E-state index is 0. The van der Waals surface area contributed by atoms with Gasteiger partial charge < -0.3 is 11.1 Å². The number of sulfonamides is 1. The van der Waals surface area contributed by atoms with Crippen molar-refractivity contribution in [1.82, 2.24) is 10.0 Å². The Labute approximate surface area is 151 Å². The van der Waals surface area contributed by atoms with Crippen LogP contribution in [0.25, 0.3) is 0 Å². The fraction of sp³-hybridized carbons (Fsp3) is 0.562. The van der Waals surface area contributed by atoms with Crippen LogP contribution in [0.5, 0.6) is 0 Å². The van der Waals surface area contributed by atoms with E-state index in [0.717, 1.165) is 5.56 Å². The minimum Gasteiger partial charge on any atom is -0.356 e. The second kappa shape index (κ2) is 9.98. The van der Waals surface area contributed by atoms with E-state index in [2.05, 4.69) is 10.0 Å². The third-order valence-corrected chi connectivity index (χ3v) is 5.33. The Hall–Kier alpha value is -1.15. The molecular formula is C16H28ClN3O3S. The van der Waals surface area contributed by atoms with Crippen LogP contribution in [0.2, 0.25) is 0 Å². The van der Waals surface area contributed by atoms with Gasteiger partial charge in [0.1, 0.15) is 0 Å². The summed E-state index contributed by atoms with van der Waals surface area (Å²) in [5.74, 6) is 0.0128. The van der Waals surface area contributed by atoms with E-state index in [1.165, 1.54) is 0 Å². The zero-order valence-corrected chi connectivity index (χ0v) is 16.3. The standard InChI is InChI=1S/C16H27N3O3S.ClH/c1-11-7-13(3)16(14(4)8-11)23(21,22)19-6-5-15(20)18-10-12(2)9-17;/h7-8,12,19H,5-6,9-10,17H2,1-4H3,(H,18,20);1H. The molecule has 0 fully saturated rings. The molecule has 0 aromatic heterocycles. The number of nitrogens with one attached hydrogen (secondary N) is 2. The summed E-state index contributed by atoms with van der Waals surface area (Å²) < 4.78 is 27.3. The number of rotatable bonds is 8. The number of aryl methyl sites for hydroxylation is 3. The molecule has 0 aliphatic rings. The van der Waals surface area contributed by atoms with Crippen molar-refractivity contribution in [3.63, 3.8) is 0 Å². The van der Waals surface area contributed by atoms with E-state index in [9.17, 15) is 13.2 Å². The summed E-state index contributed by atoms with van der Waals surface area (Å²) in [5.41, 5.74) is 7.91. The van der Waals surface area contributed by atoms with Crippen molar-refractivity contribution in [3.8, 4) is 0 Å². The van der Waals surface area contributed by atoms with Crippen molar-refractivity contribution in [2.45, 2.75) is 39.0 Å². The largest absolute Gasteiger partial charge is 0.356 e. The summed E-state index contributed by atoms with van der Waals surface area (Å²) in [6.07, 6.45) is 0.0977. The molecule has 0 radical (unpaired) electrons. The van der Waals surface area contributed by atoms with Crippen LogP contribution in [0.3, 0.4) is 0 Å². The minimum atomic E-state index is -3.62. The molecule has 0 bridgehead atoms. The summed E-state index contributed by atoms with van der Waals surface area (Å²) in [5, 5.41) is 2.74. The van der Waals surface area contributed by atoms with Crippen LogP contribution in [0.1, 0.15) is 30.0 Å². The number of carbonyl (C=O) groups is 1. The maximum absolute atomic E-state index is 12.4. The highest BCUT2D eigenvalue weighted by Crippen LogP contribution is 2.21. The van der Waals surface area contributed by atoms with Gasteiger partial charge in [0.05, 0.1) is 4.90 Å². The molecule has 0 aliphatic carbocycles. The monoisotopic (exact) mass is 377 g/mol. The lowest BCUT2D eigenvalue weighted by molar-refractivity contribution is -0.121. The predicted molar refractivity (Wildman–Crippen MR) is 98.9 cm³/mol. The highest BCUT2D eigenvalue weighted by molar-refractivity contribution is 7.89. The lowest BCUT2D eigenvalue weighted by atomic mass is 10.1. The van der Waals surface area contributed by atoms with E-state index in [-0.39, 0.29) is 37.2 Å². The molecule has 1 atom stereocenters. The first-order valence-electron chi connectivity index (χ1n) is 7.71. The van der Waals surface area contributed by atoms with Gasteiger partial charge in [-0.2, -0.15) is 0 Å².